The minimum atomic E-state index is -1.42. The van der Waals surface area contributed by atoms with Crippen molar-refractivity contribution in [2.75, 3.05) is 7.11 Å². The first kappa shape index (κ1) is 21.0. The van der Waals surface area contributed by atoms with E-state index in [1.54, 1.807) is 31.5 Å². The Balaban J connectivity index is 1.89. The molecule has 29 heavy (non-hydrogen) atoms. The molecule has 0 radical (unpaired) electrons. The Morgan fingerprint density at radius 1 is 1.34 bits per heavy atom. The normalized spacial score (nSPS) is 13.4. The highest BCUT2D eigenvalue weighted by atomic mass is 32.2. The first-order chi connectivity index (χ1) is 13.8. The SMILES string of the molecule is CCCC(C(=O)O)c1ccc2nc(S(=O)Cc3ncc(C)c(OC)c3C)[nH]c2c1. The van der Waals surface area contributed by atoms with Crippen molar-refractivity contribution >= 4 is 27.8 Å². The number of pyridine rings is 1. The van der Waals surface area contributed by atoms with E-state index in [2.05, 4.69) is 15.0 Å². The lowest BCUT2D eigenvalue weighted by atomic mass is 9.94. The minimum absolute atomic E-state index is 0.211. The van der Waals surface area contributed by atoms with Crippen LogP contribution in [0.2, 0.25) is 0 Å². The zero-order chi connectivity index (χ0) is 21.1. The van der Waals surface area contributed by atoms with Gasteiger partial charge in [0.2, 0.25) is 0 Å². The van der Waals surface area contributed by atoms with Gasteiger partial charge < -0.3 is 14.8 Å². The summed E-state index contributed by atoms with van der Waals surface area (Å²) in [6.07, 6.45) is 3.05. The summed E-state index contributed by atoms with van der Waals surface area (Å²) < 4.78 is 18.3. The van der Waals surface area contributed by atoms with Crippen LogP contribution in [0.5, 0.6) is 5.75 Å². The van der Waals surface area contributed by atoms with E-state index < -0.39 is 22.7 Å². The van der Waals surface area contributed by atoms with Gasteiger partial charge in [-0.1, -0.05) is 19.4 Å². The van der Waals surface area contributed by atoms with Crippen LogP contribution >= 0.6 is 0 Å². The standard InChI is InChI=1S/C21H25N3O4S/c1-5-6-15(20(25)26)14-7-8-16-17(9-14)24-21(23-16)29(27)11-18-13(3)19(28-4)12(2)10-22-18/h7-10,15H,5-6,11H2,1-4H3,(H,23,24)(H,25,26). The summed E-state index contributed by atoms with van der Waals surface area (Å²) in [7, 11) is 0.182. The first-order valence-electron chi connectivity index (χ1n) is 9.45. The molecule has 2 unspecified atom stereocenters. The second-order valence-corrected chi connectivity index (χ2v) is 8.40. The highest BCUT2D eigenvalue weighted by Gasteiger charge is 2.20. The third-order valence-corrected chi connectivity index (χ3v) is 6.16. The number of carboxylic acids is 1. The number of nitrogens with zero attached hydrogens (tertiary/aromatic N) is 2. The largest absolute Gasteiger partial charge is 0.496 e. The van der Waals surface area contributed by atoms with Crippen molar-refractivity contribution in [3.8, 4) is 5.75 Å². The predicted molar refractivity (Wildman–Crippen MR) is 112 cm³/mol. The van der Waals surface area contributed by atoms with Crippen LogP contribution in [-0.4, -0.2) is 37.3 Å². The number of aryl methyl sites for hydroxylation is 1. The molecular weight excluding hydrogens is 390 g/mol. The fourth-order valence-electron chi connectivity index (χ4n) is 3.46. The molecule has 0 aliphatic carbocycles. The monoisotopic (exact) mass is 415 g/mol. The molecule has 3 aromatic rings. The number of fused-ring (bicyclic) bond motifs is 1. The Hall–Kier alpha value is -2.74. The number of hydrogen-bond acceptors (Lipinski definition) is 5. The number of carbonyl (C=O) groups is 1. The van der Waals surface area contributed by atoms with Crippen LogP contribution in [0.3, 0.4) is 0 Å². The number of aromatic amines is 1. The van der Waals surface area contributed by atoms with Crippen molar-refractivity contribution in [3.63, 3.8) is 0 Å². The fourth-order valence-corrected chi connectivity index (χ4v) is 4.56. The van der Waals surface area contributed by atoms with Crippen molar-refractivity contribution in [1.82, 2.24) is 15.0 Å². The molecule has 0 fully saturated rings. The molecule has 2 N–H and O–H groups in total. The predicted octanol–water partition coefficient (Wildman–Crippen LogP) is 3.86. The van der Waals surface area contributed by atoms with Crippen LogP contribution < -0.4 is 4.74 Å². The van der Waals surface area contributed by atoms with Gasteiger partial charge in [-0.3, -0.25) is 14.0 Å². The van der Waals surface area contributed by atoms with Gasteiger partial charge in [0.15, 0.2) is 5.16 Å². The number of methoxy groups -OCH3 is 1. The van der Waals surface area contributed by atoms with Crippen LogP contribution in [0, 0.1) is 13.8 Å². The maximum Gasteiger partial charge on any atom is 0.310 e. The van der Waals surface area contributed by atoms with E-state index in [9.17, 15) is 14.1 Å². The lowest BCUT2D eigenvalue weighted by molar-refractivity contribution is -0.139. The van der Waals surface area contributed by atoms with Gasteiger partial charge in [-0.15, -0.1) is 0 Å². The Morgan fingerprint density at radius 2 is 2.10 bits per heavy atom. The molecule has 7 nitrogen and oxygen atoms in total. The molecule has 8 heteroatoms. The number of benzene rings is 1. The molecule has 0 spiro atoms. The zero-order valence-corrected chi connectivity index (χ0v) is 17.8. The molecule has 0 aliphatic rings. The van der Waals surface area contributed by atoms with Gasteiger partial charge in [0.1, 0.15) is 5.75 Å². The van der Waals surface area contributed by atoms with E-state index >= 15 is 0 Å². The van der Waals surface area contributed by atoms with E-state index in [0.29, 0.717) is 33.9 Å². The Labute approximate surface area is 172 Å². The van der Waals surface area contributed by atoms with Crippen molar-refractivity contribution in [2.24, 2.45) is 0 Å². The summed E-state index contributed by atoms with van der Waals surface area (Å²) in [5.74, 6) is -0.447. The molecule has 3 rings (SSSR count). The van der Waals surface area contributed by atoms with E-state index in [1.807, 2.05) is 20.8 Å². The van der Waals surface area contributed by atoms with Crippen LogP contribution in [0.1, 0.15) is 48.1 Å². The van der Waals surface area contributed by atoms with Crippen LogP contribution in [0.25, 0.3) is 11.0 Å². The van der Waals surface area contributed by atoms with Gasteiger partial charge in [-0.2, -0.15) is 0 Å². The summed E-state index contributed by atoms with van der Waals surface area (Å²) >= 11 is 0. The number of rotatable bonds is 8. The van der Waals surface area contributed by atoms with Crippen molar-refractivity contribution in [2.45, 2.75) is 50.4 Å². The number of H-pyrrole nitrogens is 1. The second kappa shape index (κ2) is 8.73. The van der Waals surface area contributed by atoms with Gasteiger partial charge in [0, 0.05) is 17.3 Å². The second-order valence-electron chi connectivity index (χ2n) is 7.03. The van der Waals surface area contributed by atoms with Crippen molar-refractivity contribution in [1.29, 1.82) is 0 Å². The molecule has 0 amide bonds. The number of aromatic nitrogens is 3. The Morgan fingerprint density at radius 3 is 2.76 bits per heavy atom. The molecule has 0 bridgehead atoms. The Bertz CT molecular complexity index is 1080. The fraction of sp³-hybridized carbons (Fsp3) is 0.381. The quantitative estimate of drug-likeness (QED) is 0.579. The molecule has 0 aliphatic heterocycles. The van der Waals surface area contributed by atoms with Crippen molar-refractivity contribution < 1.29 is 18.8 Å². The maximum absolute atomic E-state index is 12.9. The average Bonchev–Trinajstić information content (AvgIpc) is 3.12. The third-order valence-electron chi connectivity index (χ3n) is 5.00. The van der Waals surface area contributed by atoms with E-state index in [1.165, 1.54) is 0 Å². The van der Waals surface area contributed by atoms with Crippen molar-refractivity contribution in [3.05, 3.63) is 46.8 Å². The van der Waals surface area contributed by atoms with Gasteiger partial charge in [-0.05, 0) is 38.0 Å². The van der Waals surface area contributed by atoms with E-state index in [4.69, 9.17) is 4.74 Å². The molecule has 1 aromatic carbocycles. The summed E-state index contributed by atoms with van der Waals surface area (Å²) in [4.78, 5) is 23.5. The van der Waals surface area contributed by atoms with Gasteiger partial charge >= 0.3 is 5.97 Å². The molecular formula is C21H25N3O4S. The van der Waals surface area contributed by atoms with E-state index in [0.717, 1.165) is 23.3 Å². The number of ether oxygens (including phenoxy) is 1. The molecule has 0 saturated carbocycles. The zero-order valence-electron chi connectivity index (χ0n) is 17.0. The van der Waals surface area contributed by atoms with Crippen LogP contribution in [0.15, 0.2) is 29.6 Å². The van der Waals surface area contributed by atoms with Gasteiger partial charge in [0.25, 0.3) is 0 Å². The maximum atomic E-state index is 12.9. The minimum Gasteiger partial charge on any atom is -0.496 e. The average molecular weight is 416 g/mol. The highest BCUT2D eigenvalue weighted by Crippen LogP contribution is 2.27. The molecule has 2 atom stereocenters. The number of aliphatic carboxylic acids is 1. The highest BCUT2D eigenvalue weighted by molar-refractivity contribution is 7.84. The summed E-state index contributed by atoms with van der Waals surface area (Å²) in [5.41, 5.74) is 4.54. The molecule has 154 valence electrons. The summed E-state index contributed by atoms with van der Waals surface area (Å²) in [6, 6.07) is 5.34. The number of imidazole rings is 1. The summed E-state index contributed by atoms with van der Waals surface area (Å²) in [6.45, 7) is 5.78. The van der Waals surface area contributed by atoms with Crippen LogP contribution in [-0.2, 0) is 21.3 Å². The van der Waals surface area contributed by atoms with Crippen LogP contribution in [0.4, 0.5) is 0 Å². The molecule has 2 aromatic heterocycles. The smallest absolute Gasteiger partial charge is 0.310 e. The number of carboxylic acid groups (broad SMARTS) is 1. The molecule has 0 saturated heterocycles. The lowest BCUT2D eigenvalue weighted by Gasteiger charge is -2.11. The van der Waals surface area contributed by atoms with Gasteiger partial charge in [-0.25, -0.2) is 4.98 Å². The molecule has 2 heterocycles. The van der Waals surface area contributed by atoms with E-state index in [-0.39, 0.29) is 5.75 Å². The topological polar surface area (TPSA) is 105 Å². The summed E-state index contributed by atoms with van der Waals surface area (Å²) in [5, 5.41) is 9.83. The number of hydrogen-bond donors (Lipinski definition) is 2. The Kier molecular flexibility index (Phi) is 6.32. The first-order valence-corrected chi connectivity index (χ1v) is 10.8. The van der Waals surface area contributed by atoms with Gasteiger partial charge in [0.05, 0.1) is 46.3 Å². The number of nitrogens with one attached hydrogen (secondary N) is 1. The lowest BCUT2D eigenvalue weighted by Crippen LogP contribution is -2.11. The third kappa shape index (κ3) is 4.32.